The van der Waals surface area contributed by atoms with Gasteiger partial charge in [0.15, 0.2) is 5.82 Å². The number of rotatable bonds is 6. The zero-order valence-electron chi connectivity index (χ0n) is 15.0. The van der Waals surface area contributed by atoms with Gasteiger partial charge >= 0.3 is 0 Å². The second-order valence-corrected chi connectivity index (χ2v) is 6.47. The third kappa shape index (κ3) is 4.33. The molecule has 1 unspecified atom stereocenters. The van der Waals surface area contributed by atoms with Crippen LogP contribution in [0.4, 0.5) is 5.82 Å². The molecule has 2 heterocycles. The molecule has 1 saturated heterocycles. The fraction of sp³-hybridized carbons (Fsp3) is 0.421. The Hall–Kier alpha value is -2.47. The predicted octanol–water partition coefficient (Wildman–Crippen LogP) is 2.45. The molecule has 1 aromatic heterocycles. The number of carbonyl (C=O) groups is 1. The minimum absolute atomic E-state index is 0.116. The second kappa shape index (κ2) is 7.61. The molecule has 1 aliphatic rings. The number of hydrogen-bond donors (Lipinski definition) is 1. The van der Waals surface area contributed by atoms with Crippen molar-refractivity contribution in [3.8, 4) is 0 Å². The van der Waals surface area contributed by atoms with Gasteiger partial charge in [-0.15, -0.1) is 0 Å². The van der Waals surface area contributed by atoms with Crippen LogP contribution < -0.4 is 5.32 Å². The van der Waals surface area contributed by atoms with E-state index in [1.165, 1.54) is 5.56 Å². The van der Waals surface area contributed by atoms with E-state index >= 15 is 0 Å². The van der Waals surface area contributed by atoms with E-state index in [1.807, 2.05) is 17.9 Å². The van der Waals surface area contributed by atoms with Crippen LogP contribution in [0.1, 0.15) is 29.1 Å². The molecule has 1 amide bonds. The Kier molecular flexibility index (Phi) is 5.28. The topological polar surface area (TPSA) is 67.3 Å². The molecule has 0 bridgehead atoms. The Bertz CT molecular complexity index is 746. The zero-order valence-corrected chi connectivity index (χ0v) is 15.0. The van der Waals surface area contributed by atoms with Crippen LogP contribution in [-0.4, -0.2) is 40.5 Å². The molecule has 0 spiro atoms. The quantitative estimate of drug-likeness (QED) is 0.875. The first-order valence-electron chi connectivity index (χ1n) is 8.49. The van der Waals surface area contributed by atoms with E-state index in [2.05, 4.69) is 46.5 Å². The van der Waals surface area contributed by atoms with E-state index < -0.39 is 0 Å². The number of likely N-dealkylation sites (tertiary alicyclic amines) is 1. The van der Waals surface area contributed by atoms with Crippen molar-refractivity contribution in [2.75, 3.05) is 19.0 Å². The molecule has 1 N–H and O–H groups in total. The first-order chi connectivity index (χ1) is 12.0. The maximum Gasteiger partial charge on any atom is 0.245 e. The molecule has 0 saturated carbocycles. The lowest BCUT2D eigenvalue weighted by molar-refractivity contribution is -0.128. The molecule has 3 rings (SSSR count). The number of aryl methyl sites for hydroxylation is 2. The number of anilines is 1. The van der Waals surface area contributed by atoms with Gasteiger partial charge in [-0.1, -0.05) is 29.8 Å². The Labute approximate surface area is 148 Å². The maximum atomic E-state index is 12.7. The van der Waals surface area contributed by atoms with Crippen molar-refractivity contribution in [3.63, 3.8) is 0 Å². The molecule has 25 heavy (non-hydrogen) atoms. The van der Waals surface area contributed by atoms with Crippen molar-refractivity contribution in [1.29, 1.82) is 0 Å². The summed E-state index contributed by atoms with van der Waals surface area (Å²) in [5, 5.41) is 3.26. The molecule has 2 aromatic rings. The molecule has 132 valence electrons. The SMILES string of the molecule is COCc1nc(C)cc(NC2CCN(Cc3ccc(C)cc3)C2=O)n1. The number of benzene rings is 1. The van der Waals surface area contributed by atoms with Gasteiger partial charge in [-0.3, -0.25) is 4.79 Å². The van der Waals surface area contributed by atoms with E-state index in [0.717, 1.165) is 24.2 Å². The molecule has 0 radical (unpaired) electrons. The molecule has 1 atom stereocenters. The lowest BCUT2D eigenvalue weighted by Crippen LogP contribution is -2.33. The molecular formula is C19H24N4O2. The van der Waals surface area contributed by atoms with Gasteiger partial charge in [0.1, 0.15) is 18.5 Å². The monoisotopic (exact) mass is 340 g/mol. The van der Waals surface area contributed by atoms with E-state index in [0.29, 0.717) is 24.8 Å². The Morgan fingerprint density at radius 3 is 2.72 bits per heavy atom. The molecule has 0 aliphatic carbocycles. The van der Waals surface area contributed by atoms with E-state index in [1.54, 1.807) is 7.11 Å². The average molecular weight is 340 g/mol. The number of hydrogen-bond acceptors (Lipinski definition) is 5. The van der Waals surface area contributed by atoms with Crippen LogP contribution in [0.2, 0.25) is 0 Å². The van der Waals surface area contributed by atoms with Crippen molar-refractivity contribution < 1.29 is 9.53 Å². The van der Waals surface area contributed by atoms with Gasteiger partial charge in [0.05, 0.1) is 0 Å². The molecule has 1 aliphatic heterocycles. The summed E-state index contributed by atoms with van der Waals surface area (Å²) < 4.78 is 5.09. The van der Waals surface area contributed by atoms with E-state index in [4.69, 9.17) is 4.74 Å². The standard InChI is InChI=1S/C19H24N4O2/c1-13-4-6-15(7-5-13)11-23-9-8-16(19(23)24)21-17-10-14(2)20-18(22-17)12-25-3/h4-7,10,16H,8-9,11-12H2,1-3H3,(H,20,21,22). The number of methoxy groups -OCH3 is 1. The van der Waals surface area contributed by atoms with E-state index in [-0.39, 0.29) is 11.9 Å². The number of nitrogens with zero attached hydrogens (tertiary/aromatic N) is 3. The molecular weight excluding hydrogens is 316 g/mol. The predicted molar refractivity (Wildman–Crippen MR) is 96.1 cm³/mol. The van der Waals surface area contributed by atoms with Gasteiger partial charge in [-0.2, -0.15) is 0 Å². The summed E-state index contributed by atoms with van der Waals surface area (Å²) in [5.41, 5.74) is 3.23. The summed E-state index contributed by atoms with van der Waals surface area (Å²) in [4.78, 5) is 23.3. The van der Waals surface area contributed by atoms with Crippen LogP contribution in [0.25, 0.3) is 0 Å². The van der Waals surface area contributed by atoms with Crippen LogP contribution in [0, 0.1) is 13.8 Å². The number of nitrogens with one attached hydrogen (secondary N) is 1. The molecule has 6 nitrogen and oxygen atoms in total. The van der Waals surface area contributed by atoms with Crippen molar-refractivity contribution >= 4 is 11.7 Å². The van der Waals surface area contributed by atoms with Crippen molar-refractivity contribution in [2.45, 2.75) is 39.5 Å². The zero-order chi connectivity index (χ0) is 17.8. The largest absolute Gasteiger partial charge is 0.377 e. The Balaban J connectivity index is 1.65. The first kappa shape index (κ1) is 17.4. The molecule has 1 fully saturated rings. The minimum Gasteiger partial charge on any atom is -0.377 e. The number of amides is 1. The summed E-state index contributed by atoms with van der Waals surface area (Å²) in [6.45, 7) is 5.72. The van der Waals surface area contributed by atoms with Gasteiger partial charge in [-0.25, -0.2) is 9.97 Å². The average Bonchev–Trinajstić information content (AvgIpc) is 2.90. The number of carbonyl (C=O) groups excluding carboxylic acids is 1. The van der Waals surface area contributed by atoms with Crippen molar-refractivity contribution in [2.24, 2.45) is 0 Å². The molecule has 6 heteroatoms. The van der Waals surface area contributed by atoms with Gasteiger partial charge in [0.2, 0.25) is 5.91 Å². The summed E-state index contributed by atoms with van der Waals surface area (Å²) in [6, 6.07) is 9.92. The summed E-state index contributed by atoms with van der Waals surface area (Å²) in [5.74, 6) is 1.41. The van der Waals surface area contributed by atoms with Crippen LogP contribution in [0.15, 0.2) is 30.3 Å². The summed E-state index contributed by atoms with van der Waals surface area (Å²) >= 11 is 0. The van der Waals surface area contributed by atoms with Crippen LogP contribution in [-0.2, 0) is 22.7 Å². The first-order valence-corrected chi connectivity index (χ1v) is 8.49. The highest BCUT2D eigenvalue weighted by Gasteiger charge is 2.31. The third-order valence-corrected chi connectivity index (χ3v) is 4.29. The second-order valence-electron chi connectivity index (χ2n) is 6.47. The smallest absolute Gasteiger partial charge is 0.245 e. The van der Waals surface area contributed by atoms with Gasteiger partial charge in [0, 0.05) is 32.0 Å². The third-order valence-electron chi connectivity index (χ3n) is 4.29. The Morgan fingerprint density at radius 1 is 1.24 bits per heavy atom. The van der Waals surface area contributed by atoms with Gasteiger partial charge in [0.25, 0.3) is 0 Å². The highest BCUT2D eigenvalue weighted by molar-refractivity contribution is 5.86. The van der Waals surface area contributed by atoms with Crippen molar-refractivity contribution in [3.05, 3.63) is 53.0 Å². The highest BCUT2D eigenvalue weighted by Crippen LogP contribution is 2.19. The van der Waals surface area contributed by atoms with Gasteiger partial charge in [-0.05, 0) is 25.8 Å². The summed E-state index contributed by atoms with van der Waals surface area (Å²) in [6.07, 6.45) is 0.771. The van der Waals surface area contributed by atoms with Gasteiger partial charge < -0.3 is 15.0 Å². The van der Waals surface area contributed by atoms with Crippen LogP contribution in [0.5, 0.6) is 0 Å². The van der Waals surface area contributed by atoms with Crippen LogP contribution in [0.3, 0.4) is 0 Å². The fourth-order valence-corrected chi connectivity index (χ4v) is 3.02. The fourth-order valence-electron chi connectivity index (χ4n) is 3.02. The van der Waals surface area contributed by atoms with E-state index in [9.17, 15) is 4.79 Å². The minimum atomic E-state index is -0.241. The lowest BCUT2D eigenvalue weighted by Gasteiger charge is -2.18. The Morgan fingerprint density at radius 2 is 2.00 bits per heavy atom. The van der Waals surface area contributed by atoms with Crippen molar-refractivity contribution in [1.82, 2.24) is 14.9 Å². The number of aromatic nitrogens is 2. The highest BCUT2D eigenvalue weighted by atomic mass is 16.5. The number of ether oxygens (including phenoxy) is 1. The lowest BCUT2D eigenvalue weighted by atomic mass is 10.1. The normalized spacial score (nSPS) is 17.2. The maximum absolute atomic E-state index is 12.7. The summed E-state index contributed by atoms with van der Waals surface area (Å²) in [7, 11) is 1.61. The molecule has 1 aromatic carbocycles. The van der Waals surface area contributed by atoms with Crippen LogP contribution >= 0.6 is 0 Å².